The van der Waals surface area contributed by atoms with Crippen molar-refractivity contribution in [3.8, 4) is 0 Å². The molecule has 0 saturated carbocycles. The Morgan fingerprint density at radius 2 is 1.53 bits per heavy atom. The van der Waals surface area contributed by atoms with E-state index >= 15 is 0 Å². The topological polar surface area (TPSA) is 294 Å². The monoisotopic (exact) mass is 1040 g/mol. The Kier molecular flexibility index (Phi) is 25.7. The van der Waals surface area contributed by atoms with Crippen LogP contribution in [0.4, 0.5) is 0 Å². The summed E-state index contributed by atoms with van der Waals surface area (Å²) in [5.41, 5.74) is 1.06. The van der Waals surface area contributed by atoms with E-state index in [1.807, 2.05) is 11.8 Å². The van der Waals surface area contributed by atoms with Crippen molar-refractivity contribution >= 4 is 35.6 Å². The fourth-order valence-corrected chi connectivity index (χ4v) is 9.36. The highest BCUT2D eigenvalue weighted by molar-refractivity contribution is 5.91. The number of ketones is 1. The Balaban J connectivity index is 2.09. The maximum atomic E-state index is 13.9. The zero-order valence-corrected chi connectivity index (χ0v) is 44.7. The number of aromatic nitrogens is 3. The number of hydrogen-bond donors (Lipinski definition) is 4. The number of carbonyl (C=O) groups is 6. The molecule has 23 heteroatoms. The van der Waals surface area contributed by atoms with Crippen LogP contribution in [0, 0.1) is 23.7 Å². The van der Waals surface area contributed by atoms with Gasteiger partial charge in [0.15, 0.2) is 36.6 Å². The van der Waals surface area contributed by atoms with Crippen molar-refractivity contribution < 1.29 is 87.1 Å². The number of hydrogen-bond acceptors (Lipinski definition) is 22. The van der Waals surface area contributed by atoms with Crippen LogP contribution in [0.2, 0.25) is 0 Å². The molecule has 7 unspecified atom stereocenters. The van der Waals surface area contributed by atoms with E-state index in [-0.39, 0.29) is 32.0 Å². The van der Waals surface area contributed by atoms with Crippen LogP contribution in [0.25, 0.3) is 0 Å². The van der Waals surface area contributed by atoms with Gasteiger partial charge in [0, 0.05) is 58.6 Å². The van der Waals surface area contributed by atoms with E-state index in [1.54, 1.807) is 65.9 Å². The van der Waals surface area contributed by atoms with E-state index in [0.717, 1.165) is 20.8 Å². The highest BCUT2D eigenvalue weighted by Crippen LogP contribution is 2.36. The average molecular weight is 1040 g/mol. The molecule has 2 aliphatic rings. The Bertz CT molecular complexity index is 2000. The molecule has 1 aromatic rings. The van der Waals surface area contributed by atoms with Crippen LogP contribution in [-0.4, -0.2) is 196 Å². The molecule has 16 atom stereocenters. The molecule has 0 amide bonds. The zero-order valence-electron chi connectivity index (χ0n) is 44.7. The lowest BCUT2D eigenvalue weighted by Crippen LogP contribution is -2.60. The van der Waals surface area contributed by atoms with Gasteiger partial charge in [-0.05, 0) is 79.7 Å². The molecule has 0 bridgehead atoms. The minimum atomic E-state index is -1.43. The second-order valence-corrected chi connectivity index (χ2v) is 19.4. The molecule has 3 heterocycles. The lowest BCUT2D eigenvalue weighted by Gasteiger charge is -2.44. The quantitative estimate of drug-likeness (QED) is 0.0776. The third-order valence-corrected chi connectivity index (χ3v) is 12.9. The number of rotatable bonds is 21. The van der Waals surface area contributed by atoms with Crippen molar-refractivity contribution in [1.82, 2.24) is 24.8 Å². The van der Waals surface area contributed by atoms with E-state index in [1.165, 1.54) is 30.8 Å². The van der Waals surface area contributed by atoms with Crippen molar-refractivity contribution in [3.05, 3.63) is 35.7 Å². The van der Waals surface area contributed by atoms with Gasteiger partial charge in [-0.1, -0.05) is 43.7 Å². The molecule has 4 N–H and O–H groups in total. The van der Waals surface area contributed by atoms with Gasteiger partial charge >= 0.3 is 29.8 Å². The summed E-state index contributed by atoms with van der Waals surface area (Å²) in [7, 11) is 5.19. The highest BCUT2D eigenvalue weighted by atomic mass is 16.7. The summed E-state index contributed by atoms with van der Waals surface area (Å²) >= 11 is 0. The predicted molar refractivity (Wildman–Crippen MR) is 259 cm³/mol. The van der Waals surface area contributed by atoms with Gasteiger partial charge < -0.3 is 68.1 Å². The summed E-state index contributed by atoms with van der Waals surface area (Å²) in [5, 5.41) is 53.3. The van der Waals surface area contributed by atoms with Crippen molar-refractivity contribution in [2.24, 2.45) is 23.7 Å². The minimum Gasteiger partial charge on any atom is -0.463 e. The number of aliphatic hydroxyl groups is 4. The second-order valence-electron chi connectivity index (χ2n) is 19.4. The van der Waals surface area contributed by atoms with Crippen LogP contribution in [-0.2, 0) is 73.2 Å². The van der Waals surface area contributed by atoms with Gasteiger partial charge in [-0.3, -0.25) is 28.8 Å². The Hall–Kier alpha value is -4.72. The third kappa shape index (κ3) is 19.2. The maximum Gasteiger partial charge on any atom is 0.308 e. The summed E-state index contributed by atoms with van der Waals surface area (Å²) in [6.07, 6.45) is -6.80. The predicted octanol–water partition coefficient (Wildman–Crippen LogP) is 1.82. The first-order chi connectivity index (χ1) is 34.3. The van der Waals surface area contributed by atoms with Crippen LogP contribution in [0.15, 0.2) is 30.0 Å². The Morgan fingerprint density at radius 1 is 0.904 bits per heavy atom. The standard InChI is InChI=1S/C50H81N5O18/c1-14-40-36(25-56)20-27(3)16-17-38(62)28(4)21-35(45(29(5)39(63)22-42(64)71-40)73-50(66-15-2)44(65)43(30(6)57)53(11)12)18-19-54(13)23-37-24-55(52-51-37)49-48(70-34(10)61)47(69-33(9)60)46(68-32(8)59)41(72-49)26-67-31(7)58/h16-17,20,24,28-30,35-36,39-41,43-50,56-57,63,65H,14-15,18-19,21-23,25-26H2,1-13H3/b17-16+,27-20+/t28-,29+,30-,35+,36-,39-,40-,41?,43?,44?,45-,46?,47?,48?,49?,50+/m1/s1. The molecule has 2 aliphatic heterocycles. The lowest BCUT2D eigenvalue weighted by molar-refractivity contribution is -0.270. The van der Waals surface area contributed by atoms with Crippen LogP contribution in [0.1, 0.15) is 107 Å². The molecular weight excluding hydrogens is 959 g/mol. The van der Waals surface area contributed by atoms with E-state index in [9.17, 15) is 49.2 Å². The molecule has 1 aromatic heterocycles. The van der Waals surface area contributed by atoms with Gasteiger partial charge in [0.25, 0.3) is 0 Å². The van der Waals surface area contributed by atoms with Crippen molar-refractivity contribution in [1.29, 1.82) is 0 Å². The third-order valence-electron chi connectivity index (χ3n) is 12.9. The molecule has 23 nitrogen and oxygen atoms in total. The molecule has 1 saturated heterocycles. The molecule has 0 radical (unpaired) electrons. The number of aliphatic hydroxyl groups excluding tert-OH is 4. The first-order valence-electron chi connectivity index (χ1n) is 24.9. The summed E-state index contributed by atoms with van der Waals surface area (Å²) in [6, 6.07) is -0.853. The molecule has 3 rings (SSSR count). The number of likely N-dealkylation sites (N-methyl/N-ethyl adjacent to an activating group) is 1. The molecule has 1 fully saturated rings. The average Bonchev–Trinajstić information content (AvgIpc) is 3.76. The van der Waals surface area contributed by atoms with E-state index in [2.05, 4.69) is 10.3 Å². The number of allylic oxidation sites excluding steroid dienone is 3. The molecule has 414 valence electrons. The molecule has 0 spiro atoms. The molecule has 0 aliphatic carbocycles. The SMILES string of the molecule is CCO[C@@H](O[C@H]1[C@@H](CCN(C)Cc2cn(C3OC(COC(C)=O)C(OC(C)=O)C(OC(C)=O)C3OC(C)=O)nn2)C[C@@H](C)C(=O)/C=C/C(C)=C/[C@H](CO)[C@@H](CC)OC(=O)C[C@@H](O)[C@@H]1C)C(O)C([C@@H](C)O)N(C)C. The first kappa shape index (κ1) is 62.6. The van der Waals surface area contributed by atoms with Gasteiger partial charge in [0.2, 0.25) is 0 Å². The number of ether oxygens (including phenoxy) is 8. The Labute approximate surface area is 428 Å². The van der Waals surface area contributed by atoms with Gasteiger partial charge in [-0.2, -0.15) is 0 Å². The lowest BCUT2D eigenvalue weighted by atomic mass is 9.79. The summed E-state index contributed by atoms with van der Waals surface area (Å²) < 4.78 is 48.0. The van der Waals surface area contributed by atoms with E-state index in [0.29, 0.717) is 30.7 Å². The van der Waals surface area contributed by atoms with Crippen LogP contribution in [0.5, 0.6) is 0 Å². The number of cyclic esters (lactones) is 1. The van der Waals surface area contributed by atoms with Gasteiger partial charge in [0.1, 0.15) is 24.9 Å². The van der Waals surface area contributed by atoms with Gasteiger partial charge in [-0.15, -0.1) is 5.10 Å². The van der Waals surface area contributed by atoms with Crippen LogP contribution < -0.4 is 0 Å². The van der Waals surface area contributed by atoms with Crippen molar-refractivity contribution in [3.63, 3.8) is 0 Å². The molecular formula is C50H81N5O18. The van der Waals surface area contributed by atoms with Crippen LogP contribution >= 0.6 is 0 Å². The summed E-state index contributed by atoms with van der Waals surface area (Å²) in [4.78, 5) is 80.0. The first-order valence-corrected chi connectivity index (χ1v) is 24.9. The summed E-state index contributed by atoms with van der Waals surface area (Å²) in [6.45, 7) is 14.7. The van der Waals surface area contributed by atoms with Gasteiger partial charge in [-0.25, -0.2) is 4.68 Å². The second kappa shape index (κ2) is 30.0. The maximum absolute atomic E-state index is 13.9. The zero-order chi connectivity index (χ0) is 54.9. The fraction of sp³-hybridized carbons (Fsp3) is 0.760. The van der Waals surface area contributed by atoms with Gasteiger partial charge in [0.05, 0.1) is 49.3 Å². The number of carbonyl (C=O) groups excluding carboxylic acids is 6. The smallest absolute Gasteiger partial charge is 0.308 e. The molecule has 0 aromatic carbocycles. The van der Waals surface area contributed by atoms with Crippen LogP contribution in [0.3, 0.4) is 0 Å². The van der Waals surface area contributed by atoms with E-state index < -0.39 is 140 Å². The molecule has 73 heavy (non-hydrogen) atoms. The number of esters is 5. The number of nitrogens with zero attached hydrogens (tertiary/aromatic N) is 5. The van der Waals surface area contributed by atoms with E-state index in [4.69, 9.17) is 37.9 Å². The fourth-order valence-electron chi connectivity index (χ4n) is 9.36. The van der Waals surface area contributed by atoms with Crippen molar-refractivity contribution in [2.75, 3.05) is 47.5 Å². The minimum absolute atomic E-state index is 0.0975. The Morgan fingerprint density at radius 3 is 2.10 bits per heavy atom. The highest BCUT2D eigenvalue weighted by Gasteiger charge is 2.53. The summed E-state index contributed by atoms with van der Waals surface area (Å²) in [5.74, 6) is -6.51. The largest absolute Gasteiger partial charge is 0.463 e. The normalized spacial score (nSPS) is 30.5. The van der Waals surface area contributed by atoms with Crippen molar-refractivity contribution in [2.45, 2.75) is 175 Å².